The molecule has 6 heteroatoms. The molecule has 1 unspecified atom stereocenters. The largest absolute Gasteiger partial charge is 0.370 e. The van der Waals surface area contributed by atoms with E-state index >= 15 is 0 Å². The third-order valence-corrected chi connectivity index (χ3v) is 2.38. The van der Waals surface area contributed by atoms with Gasteiger partial charge in [0.25, 0.3) is 0 Å². The van der Waals surface area contributed by atoms with E-state index in [9.17, 15) is 4.79 Å². The topological polar surface area (TPSA) is 85.3 Å². The van der Waals surface area contributed by atoms with Gasteiger partial charge in [0, 0.05) is 18.7 Å². The van der Waals surface area contributed by atoms with E-state index in [1.807, 2.05) is 32.2 Å². The second kappa shape index (κ2) is 4.40. The van der Waals surface area contributed by atoms with E-state index < -0.39 is 0 Å². The van der Waals surface area contributed by atoms with Gasteiger partial charge < -0.3 is 11.1 Å². The lowest BCUT2D eigenvalue weighted by Gasteiger charge is -2.08. The van der Waals surface area contributed by atoms with Gasteiger partial charge >= 0.3 is 0 Å². The van der Waals surface area contributed by atoms with Gasteiger partial charge in [0.05, 0.1) is 0 Å². The zero-order chi connectivity index (χ0) is 12.4. The first-order valence-corrected chi connectivity index (χ1v) is 5.42. The fourth-order valence-electron chi connectivity index (χ4n) is 1.62. The zero-order valence-corrected chi connectivity index (χ0v) is 9.84. The molecule has 0 spiro atoms. The summed E-state index contributed by atoms with van der Waals surface area (Å²) in [4.78, 5) is 15.1. The maximum atomic E-state index is 10.8. The minimum absolute atomic E-state index is 0.0778. The summed E-state index contributed by atoms with van der Waals surface area (Å²) in [6.07, 6.45) is 2.11. The van der Waals surface area contributed by atoms with Crippen LogP contribution in [0.4, 0.5) is 5.95 Å². The first-order chi connectivity index (χ1) is 8.04. The van der Waals surface area contributed by atoms with E-state index in [0.717, 1.165) is 11.2 Å². The Bertz CT molecular complexity index is 548. The maximum absolute atomic E-state index is 10.8. The Kier molecular flexibility index (Phi) is 2.95. The summed E-state index contributed by atoms with van der Waals surface area (Å²) in [7, 11) is 0. The van der Waals surface area contributed by atoms with Crippen LogP contribution in [0.15, 0.2) is 18.3 Å². The Morgan fingerprint density at radius 3 is 3.12 bits per heavy atom. The summed E-state index contributed by atoms with van der Waals surface area (Å²) in [5, 5.41) is 7.28. The summed E-state index contributed by atoms with van der Waals surface area (Å²) in [5.74, 6) is 0.161. The average Bonchev–Trinajstić information content (AvgIpc) is 2.57. The van der Waals surface area contributed by atoms with Crippen LogP contribution in [0.25, 0.3) is 5.65 Å². The van der Waals surface area contributed by atoms with Gasteiger partial charge in [-0.2, -0.15) is 4.98 Å². The molecule has 1 amide bonds. The lowest BCUT2D eigenvalue weighted by atomic mass is 10.2. The summed E-state index contributed by atoms with van der Waals surface area (Å²) >= 11 is 0. The molecule has 17 heavy (non-hydrogen) atoms. The van der Waals surface area contributed by atoms with E-state index in [1.165, 1.54) is 0 Å². The van der Waals surface area contributed by atoms with Crippen molar-refractivity contribution < 1.29 is 4.79 Å². The fraction of sp³-hybridized carbons (Fsp3) is 0.364. The lowest BCUT2D eigenvalue weighted by Crippen LogP contribution is -2.24. The third kappa shape index (κ3) is 2.72. The number of pyridine rings is 1. The molecular weight excluding hydrogens is 218 g/mol. The second-order valence-corrected chi connectivity index (χ2v) is 4.16. The number of carbonyl (C=O) groups is 1. The molecule has 3 N–H and O–H groups in total. The van der Waals surface area contributed by atoms with Crippen molar-refractivity contribution in [3.8, 4) is 0 Å². The summed E-state index contributed by atoms with van der Waals surface area (Å²) in [5.41, 5.74) is 7.02. The van der Waals surface area contributed by atoms with Crippen molar-refractivity contribution in [1.82, 2.24) is 14.6 Å². The van der Waals surface area contributed by atoms with Gasteiger partial charge in [-0.3, -0.25) is 4.79 Å². The number of hydrogen-bond acceptors (Lipinski definition) is 4. The van der Waals surface area contributed by atoms with Crippen molar-refractivity contribution >= 4 is 17.5 Å². The predicted octanol–water partition coefficient (Wildman–Crippen LogP) is 0.714. The van der Waals surface area contributed by atoms with E-state index in [-0.39, 0.29) is 18.4 Å². The Morgan fingerprint density at radius 1 is 1.65 bits per heavy atom. The maximum Gasteiger partial charge on any atom is 0.243 e. The van der Waals surface area contributed by atoms with E-state index in [0.29, 0.717) is 5.95 Å². The molecular formula is C11H15N5O. The Balaban J connectivity index is 2.16. The number of amides is 1. The number of anilines is 1. The molecule has 0 aliphatic heterocycles. The van der Waals surface area contributed by atoms with Crippen LogP contribution in [-0.4, -0.2) is 26.5 Å². The number of rotatable bonds is 4. The lowest BCUT2D eigenvalue weighted by molar-refractivity contribution is -0.118. The average molecular weight is 233 g/mol. The van der Waals surface area contributed by atoms with E-state index in [2.05, 4.69) is 15.4 Å². The highest BCUT2D eigenvalue weighted by Gasteiger charge is 2.09. The monoisotopic (exact) mass is 233 g/mol. The highest BCUT2D eigenvalue weighted by Crippen LogP contribution is 2.09. The van der Waals surface area contributed by atoms with E-state index in [1.54, 1.807) is 4.52 Å². The molecule has 0 aliphatic carbocycles. The molecule has 0 saturated carbocycles. The fourth-order valence-corrected chi connectivity index (χ4v) is 1.62. The number of fused-ring (bicyclic) bond motifs is 1. The van der Waals surface area contributed by atoms with Gasteiger partial charge in [-0.15, -0.1) is 5.10 Å². The Morgan fingerprint density at radius 2 is 2.41 bits per heavy atom. The number of aryl methyl sites for hydroxylation is 1. The molecule has 0 aromatic carbocycles. The van der Waals surface area contributed by atoms with Crippen molar-refractivity contribution in [3.05, 3.63) is 23.9 Å². The van der Waals surface area contributed by atoms with Gasteiger partial charge in [0.15, 0.2) is 5.65 Å². The van der Waals surface area contributed by atoms with Crippen molar-refractivity contribution in [2.75, 3.05) is 5.32 Å². The molecule has 1 atom stereocenters. The number of carbonyl (C=O) groups excluding carboxylic acids is 1. The molecule has 0 saturated heterocycles. The van der Waals surface area contributed by atoms with Gasteiger partial charge in [-0.25, -0.2) is 4.52 Å². The Hall–Kier alpha value is -2.11. The number of primary amides is 1. The molecule has 0 bridgehead atoms. The SMILES string of the molecule is Cc1ccn2nc(NC(C)CC(N)=O)nc2c1. The first-order valence-electron chi connectivity index (χ1n) is 5.42. The number of aromatic nitrogens is 3. The quantitative estimate of drug-likeness (QED) is 0.814. The first kappa shape index (κ1) is 11.4. The summed E-state index contributed by atoms with van der Waals surface area (Å²) in [6.45, 7) is 3.86. The predicted molar refractivity (Wildman–Crippen MR) is 64.6 cm³/mol. The number of nitrogens with two attached hydrogens (primary N) is 1. The zero-order valence-electron chi connectivity index (χ0n) is 9.84. The van der Waals surface area contributed by atoms with Gasteiger partial charge in [0.2, 0.25) is 11.9 Å². The Labute approximate surface area is 98.8 Å². The van der Waals surface area contributed by atoms with Crippen LogP contribution in [0.1, 0.15) is 18.9 Å². The second-order valence-electron chi connectivity index (χ2n) is 4.16. The normalized spacial score (nSPS) is 12.6. The van der Waals surface area contributed by atoms with Gasteiger partial charge in [-0.1, -0.05) is 0 Å². The van der Waals surface area contributed by atoms with Crippen LogP contribution in [0, 0.1) is 6.92 Å². The van der Waals surface area contributed by atoms with Crippen LogP contribution in [0.2, 0.25) is 0 Å². The smallest absolute Gasteiger partial charge is 0.243 e. The minimum Gasteiger partial charge on any atom is -0.370 e. The molecule has 2 rings (SSSR count). The molecule has 90 valence electrons. The highest BCUT2D eigenvalue weighted by atomic mass is 16.1. The number of hydrogen-bond donors (Lipinski definition) is 2. The van der Waals surface area contributed by atoms with Crippen LogP contribution >= 0.6 is 0 Å². The molecule has 2 heterocycles. The third-order valence-electron chi connectivity index (χ3n) is 2.38. The molecule has 2 aromatic heterocycles. The van der Waals surface area contributed by atoms with Gasteiger partial charge in [0.1, 0.15) is 0 Å². The standard InChI is InChI=1S/C11H15N5O/c1-7-3-4-16-10(5-7)14-11(15-16)13-8(2)6-9(12)17/h3-5,8H,6H2,1-2H3,(H2,12,17)(H,13,15). The van der Waals surface area contributed by atoms with Crippen LogP contribution < -0.4 is 11.1 Å². The van der Waals surface area contributed by atoms with Crippen LogP contribution in [0.3, 0.4) is 0 Å². The summed E-state index contributed by atoms with van der Waals surface area (Å²) < 4.78 is 1.69. The van der Waals surface area contributed by atoms with E-state index in [4.69, 9.17) is 5.73 Å². The van der Waals surface area contributed by atoms with Crippen molar-refractivity contribution in [2.45, 2.75) is 26.3 Å². The van der Waals surface area contributed by atoms with Crippen molar-refractivity contribution in [3.63, 3.8) is 0 Å². The van der Waals surface area contributed by atoms with Crippen LogP contribution in [0.5, 0.6) is 0 Å². The molecule has 0 aliphatic rings. The number of nitrogens with one attached hydrogen (secondary N) is 1. The summed E-state index contributed by atoms with van der Waals surface area (Å²) in [6, 6.07) is 3.82. The molecule has 2 aromatic rings. The molecule has 0 fully saturated rings. The van der Waals surface area contributed by atoms with Crippen molar-refractivity contribution in [1.29, 1.82) is 0 Å². The highest BCUT2D eigenvalue weighted by molar-refractivity contribution is 5.74. The van der Waals surface area contributed by atoms with Gasteiger partial charge in [-0.05, 0) is 31.5 Å². The minimum atomic E-state index is -0.343. The van der Waals surface area contributed by atoms with Crippen molar-refractivity contribution in [2.24, 2.45) is 5.73 Å². The van der Waals surface area contributed by atoms with Crippen LogP contribution in [-0.2, 0) is 4.79 Å². The molecule has 6 nitrogen and oxygen atoms in total. The number of nitrogens with zero attached hydrogens (tertiary/aromatic N) is 3. The molecule has 0 radical (unpaired) electrons.